The minimum absolute atomic E-state index is 0.0314. The van der Waals surface area contributed by atoms with Gasteiger partial charge in [0.2, 0.25) is 0 Å². The van der Waals surface area contributed by atoms with E-state index in [0.717, 1.165) is 77.8 Å². The molecule has 0 bridgehead atoms. The average molecular weight is 530 g/mol. The van der Waals surface area contributed by atoms with Crippen LogP contribution < -0.4 is 0 Å². The summed E-state index contributed by atoms with van der Waals surface area (Å²) < 4.78 is 17.9. The van der Waals surface area contributed by atoms with Gasteiger partial charge in [0, 0.05) is 39.3 Å². The van der Waals surface area contributed by atoms with Crippen molar-refractivity contribution in [3.8, 4) is 0 Å². The molecule has 38 heavy (non-hydrogen) atoms. The van der Waals surface area contributed by atoms with Gasteiger partial charge in [0.15, 0.2) is 6.35 Å². The highest BCUT2D eigenvalue weighted by Crippen LogP contribution is 2.32. The summed E-state index contributed by atoms with van der Waals surface area (Å²) in [6.45, 7) is 13.5. The highest BCUT2D eigenvalue weighted by atomic mass is 16.6. The monoisotopic (exact) mass is 529 g/mol. The molecule has 0 aromatic heterocycles. The third-order valence-electron chi connectivity index (χ3n) is 7.83. The Balaban J connectivity index is 1.42. The third kappa shape index (κ3) is 8.01. The second-order valence-corrected chi connectivity index (χ2v) is 11.9. The zero-order valence-electron chi connectivity index (χ0n) is 23.8. The predicted octanol–water partition coefficient (Wildman–Crippen LogP) is 4.03. The maximum atomic E-state index is 13.2. The lowest BCUT2D eigenvalue weighted by atomic mass is 9.87. The van der Waals surface area contributed by atoms with Crippen molar-refractivity contribution in [2.24, 2.45) is 5.92 Å². The molecule has 2 heterocycles. The minimum atomic E-state index is -0.518. The Morgan fingerprint density at radius 2 is 1.61 bits per heavy atom. The first-order chi connectivity index (χ1) is 18.2. The van der Waals surface area contributed by atoms with Crippen LogP contribution in [0.3, 0.4) is 0 Å². The van der Waals surface area contributed by atoms with Crippen LogP contribution in [0.15, 0.2) is 30.3 Å². The van der Waals surface area contributed by atoms with E-state index >= 15 is 0 Å². The van der Waals surface area contributed by atoms with E-state index in [0.29, 0.717) is 6.61 Å². The Hall–Kier alpha value is -2.00. The van der Waals surface area contributed by atoms with Crippen molar-refractivity contribution < 1.29 is 23.8 Å². The molecule has 4 rings (SSSR count). The average Bonchev–Trinajstić information content (AvgIpc) is 3.38. The van der Waals surface area contributed by atoms with Crippen LogP contribution >= 0.6 is 0 Å². The maximum Gasteiger partial charge on any atom is 0.323 e. The number of piperazine rings is 1. The first-order valence-corrected chi connectivity index (χ1v) is 14.5. The van der Waals surface area contributed by atoms with Gasteiger partial charge in [0.25, 0.3) is 0 Å². The first kappa shape index (κ1) is 29.0. The van der Waals surface area contributed by atoms with Crippen LogP contribution in [0.25, 0.3) is 0 Å². The molecule has 1 saturated carbocycles. The highest BCUT2D eigenvalue weighted by Gasteiger charge is 2.42. The Labute approximate surface area is 228 Å². The van der Waals surface area contributed by atoms with Crippen molar-refractivity contribution >= 4 is 11.9 Å². The minimum Gasteiger partial charge on any atom is -0.466 e. The number of carbonyl (C=O) groups is 2. The summed E-state index contributed by atoms with van der Waals surface area (Å²) in [5, 5.41) is 0. The van der Waals surface area contributed by atoms with Crippen molar-refractivity contribution in [1.29, 1.82) is 0 Å². The number of esters is 2. The van der Waals surface area contributed by atoms with Gasteiger partial charge >= 0.3 is 11.9 Å². The van der Waals surface area contributed by atoms with E-state index in [-0.39, 0.29) is 36.4 Å². The highest BCUT2D eigenvalue weighted by molar-refractivity contribution is 5.76. The van der Waals surface area contributed by atoms with Crippen LogP contribution in [-0.2, 0) is 30.3 Å². The number of likely N-dealkylation sites (tertiary alicyclic amines) is 1. The molecule has 1 aliphatic carbocycles. The van der Waals surface area contributed by atoms with Crippen molar-refractivity contribution in [3.05, 3.63) is 35.9 Å². The van der Waals surface area contributed by atoms with E-state index in [2.05, 4.69) is 45.0 Å². The van der Waals surface area contributed by atoms with Gasteiger partial charge in [-0.2, -0.15) is 0 Å². The van der Waals surface area contributed by atoms with Gasteiger partial charge < -0.3 is 14.2 Å². The van der Waals surface area contributed by atoms with Gasteiger partial charge in [-0.05, 0) is 71.8 Å². The summed E-state index contributed by atoms with van der Waals surface area (Å²) in [7, 11) is 0. The molecular weight excluding hydrogens is 482 g/mol. The largest absolute Gasteiger partial charge is 0.466 e. The quantitative estimate of drug-likeness (QED) is 0.444. The Kier molecular flexibility index (Phi) is 10.2. The van der Waals surface area contributed by atoms with Gasteiger partial charge in [-0.3, -0.25) is 24.3 Å². The number of rotatable bonds is 9. The molecule has 0 amide bonds. The summed E-state index contributed by atoms with van der Waals surface area (Å²) in [4.78, 5) is 32.6. The second kappa shape index (κ2) is 13.4. The zero-order chi connectivity index (χ0) is 27.1. The number of hydrogen-bond acceptors (Lipinski definition) is 8. The number of nitrogens with zero attached hydrogens (tertiary/aromatic N) is 3. The van der Waals surface area contributed by atoms with Crippen LogP contribution in [0, 0.1) is 5.92 Å². The molecule has 212 valence electrons. The smallest absolute Gasteiger partial charge is 0.323 e. The summed E-state index contributed by atoms with van der Waals surface area (Å²) in [6, 6.07) is 10.3. The molecule has 0 spiro atoms. The van der Waals surface area contributed by atoms with Crippen molar-refractivity contribution in [2.45, 2.75) is 96.9 Å². The van der Waals surface area contributed by atoms with E-state index in [1.54, 1.807) is 0 Å². The van der Waals surface area contributed by atoms with E-state index in [4.69, 9.17) is 14.2 Å². The second-order valence-electron chi connectivity index (χ2n) is 11.9. The number of ether oxygens (including phenoxy) is 3. The van der Waals surface area contributed by atoms with E-state index in [1.165, 1.54) is 5.56 Å². The summed E-state index contributed by atoms with van der Waals surface area (Å²) >= 11 is 0. The van der Waals surface area contributed by atoms with Crippen LogP contribution in [0.5, 0.6) is 0 Å². The molecule has 2 atom stereocenters. The Morgan fingerprint density at radius 3 is 2.24 bits per heavy atom. The SMILES string of the molecule is CCOC(=O)C1CCC(O[C@@H](N2CCN(Cc3ccccc3)CC2)N2CCC[C@H]2C(=O)OC(C)(C)C)CC1. The molecule has 8 nitrogen and oxygen atoms in total. The van der Waals surface area contributed by atoms with Crippen molar-refractivity contribution in [1.82, 2.24) is 14.7 Å². The zero-order valence-corrected chi connectivity index (χ0v) is 23.8. The third-order valence-corrected chi connectivity index (χ3v) is 7.83. The van der Waals surface area contributed by atoms with Gasteiger partial charge in [-0.25, -0.2) is 0 Å². The molecule has 0 radical (unpaired) electrons. The standard InChI is InChI=1S/C30H47N3O5/c1-5-36-27(34)24-13-15-25(16-14-24)37-29(33-17-9-12-26(33)28(35)38-30(2,3)4)32-20-18-31(19-21-32)22-23-10-7-6-8-11-23/h6-8,10-11,24-26,29H,5,9,12-22H2,1-4H3/t24?,25?,26-,29-/m0/s1. The maximum absolute atomic E-state index is 13.2. The lowest BCUT2D eigenvalue weighted by Crippen LogP contribution is -2.60. The lowest BCUT2D eigenvalue weighted by Gasteiger charge is -2.45. The van der Waals surface area contributed by atoms with E-state index in [1.807, 2.05) is 27.7 Å². The fourth-order valence-electron chi connectivity index (χ4n) is 5.90. The molecule has 8 heteroatoms. The van der Waals surface area contributed by atoms with Crippen LogP contribution in [0.4, 0.5) is 0 Å². The number of carbonyl (C=O) groups excluding carboxylic acids is 2. The molecule has 0 unspecified atom stereocenters. The van der Waals surface area contributed by atoms with Crippen LogP contribution in [-0.4, -0.2) is 90.1 Å². The van der Waals surface area contributed by atoms with E-state index in [9.17, 15) is 9.59 Å². The van der Waals surface area contributed by atoms with Gasteiger partial charge in [0.1, 0.15) is 11.6 Å². The Bertz CT molecular complexity index is 889. The fourth-order valence-corrected chi connectivity index (χ4v) is 5.90. The van der Waals surface area contributed by atoms with Gasteiger partial charge in [-0.1, -0.05) is 30.3 Å². The molecule has 2 aliphatic heterocycles. The van der Waals surface area contributed by atoms with E-state index < -0.39 is 5.60 Å². The first-order valence-electron chi connectivity index (χ1n) is 14.5. The molecule has 0 N–H and O–H groups in total. The van der Waals surface area contributed by atoms with Gasteiger partial charge in [0.05, 0.1) is 18.6 Å². The van der Waals surface area contributed by atoms with Crippen LogP contribution in [0.2, 0.25) is 0 Å². The molecular formula is C30H47N3O5. The van der Waals surface area contributed by atoms with Gasteiger partial charge in [-0.15, -0.1) is 0 Å². The summed E-state index contributed by atoms with van der Waals surface area (Å²) in [6.07, 6.45) is 4.78. The number of benzene rings is 1. The molecule has 2 saturated heterocycles. The predicted molar refractivity (Wildman–Crippen MR) is 146 cm³/mol. The summed E-state index contributed by atoms with van der Waals surface area (Å²) in [5.74, 6) is -0.269. The molecule has 1 aromatic rings. The van der Waals surface area contributed by atoms with Crippen molar-refractivity contribution in [3.63, 3.8) is 0 Å². The Morgan fingerprint density at radius 1 is 0.921 bits per heavy atom. The number of hydrogen-bond donors (Lipinski definition) is 0. The topological polar surface area (TPSA) is 71.6 Å². The summed E-state index contributed by atoms with van der Waals surface area (Å²) in [5.41, 5.74) is 0.813. The molecule has 3 aliphatic rings. The normalized spacial score (nSPS) is 26.7. The lowest BCUT2D eigenvalue weighted by molar-refractivity contribution is -0.208. The van der Waals surface area contributed by atoms with Crippen LogP contribution in [0.1, 0.15) is 71.8 Å². The molecule has 3 fully saturated rings. The fraction of sp³-hybridized carbons (Fsp3) is 0.733. The van der Waals surface area contributed by atoms with Crippen molar-refractivity contribution in [2.75, 3.05) is 39.3 Å². The molecule has 1 aromatic carbocycles.